The minimum absolute atomic E-state index is 0.444. The molecule has 2 nitrogen and oxygen atoms in total. The molecule has 0 saturated carbocycles. The van der Waals surface area contributed by atoms with Crippen LogP contribution in [-0.4, -0.2) is 37.4 Å². The topological polar surface area (TPSA) is 6.48 Å². The molecule has 0 aliphatic heterocycles. The average molecular weight is 1190 g/mol. The molecule has 0 aromatic heterocycles. The molecule has 0 fully saturated rings. The molecule has 0 aliphatic carbocycles. The highest BCUT2D eigenvalue weighted by molar-refractivity contribution is 9.75. The Morgan fingerprint density at radius 3 is 0.958 bits per heavy atom. The van der Waals surface area contributed by atoms with E-state index in [1.165, 1.54) is 0 Å². The first-order valence-electron chi connectivity index (χ1n) is 6.10. The number of halogens is 12. The number of hydrogen-bond donors (Lipinski definition) is 0. The molecule has 148 valence electrons. The van der Waals surface area contributed by atoms with Gasteiger partial charge >= 0.3 is 16.4 Å². The van der Waals surface area contributed by atoms with Gasteiger partial charge in [-0.3, -0.25) is 8.46 Å². The van der Waals surface area contributed by atoms with E-state index in [1.807, 2.05) is 0 Å². The molecule has 0 spiro atoms. The Hall–Kier alpha value is 6.55. The number of hydrogen-bond acceptors (Lipinski definition) is 2. The fourth-order valence-electron chi connectivity index (χ4n) is 1.35. The van der Waals surface area contributed by atoms with E-state index in [1.54, 1.807) is 0 Å². The van der Waals surface area contributed by atoms with Gasteiger partial charge in [-0.25, -0.2) is 0 Å². The van der Waals surface area contributed by atoms with Crippen LogP contribution in [0.4, 0.5) is 0 Å². The van der Waals surface area contributed by atoms with Crippen LogP contribution in [0, 0.1) is 0 Å². The van der Waals surface area contributed by atoms with E-state index in [0.717, 1.165) is 13.0 Å². The molecule has 24 heavy (non-hydrogen) atoms. The summed E-state index contributed by atoms with van der Waals surface area (Å²) in [6.07, 6.45) is 1.12. The van der Waals surface area contributed by atoms with E-state index >= 15 is 0 Å². The summed E-state index contributed by atoms with van der Waals surface area (Å²) in [5.74, 6) is 0. The molecule has 0 rings (SSSR count). The summed E-state index contributed by atoms with van der Waals surface area (Å²) < 4.78 is -2.44. The smallest absolute Gasteiger partial charge is 0.294 e. The van der Waals surface area contributed by atoms with Crippen LogP contribution in [0.15, 0.2) is 0 Å². The van der Waals surface area contributed by atoms with Crippen LogP contribution < -0.4 is 0 Å². The van der Waals surface area contributed by atoms with Gasteiger partial charge in [0.05, 0.1) is 0 Å². The van der Waals surface area contributed by atoms with Crippen molar-refractivity contribution in [2.75, 3.05) is 6.54 Å². The van der Waals surface area contributed by atoms with E-state index in [0.29, 0.717) is 6.04 Å². The summed E-state index contributed by atoms with van der Waals surface area (Å²) in [5.41, 5.74) is 0. The Bertz CT molecular complexity index is 333. The van der Waals surface area contributed by atoms with Crippen LogP contribution in [-0.2, 0) is 0 Å². The van der Waals surface area contributed by atoms with Gasteiger partial charge < -0.3 is 0 Å². The van der Waals surface area contributed by atoms with Crippen molar-refractivity contribution in [2.24, 2.45) is 0 Å². The van der Waals surface area contributed by atoms with E-state index in [4.69, 9.17) is 0 Å². The first kappa shape index (κ1) is 32.7. The molecule has 0 bridgehead atoms. The summed E-state index contributed by atoms with van der Waals surface area (Å²) >= 11 is 43.5. The second kappa shape index (κ2) is 13.9. The zero-order chi connectivity index (χ0) is 20.1. The van der Waals surface area contributed by atoms with Gasteiger partial charge in [0.2, 0.25) is 0 Å². The SMILES string of the molecule is CC(C)N([Si](Br)(Br)Br)[Si](Br)(Br)Br.CCCN([Si](Br)(Br)Br)[Si](Br)(Br)Br. The standard InChI is InChI=1S/2C3H7Br6NSi2/c1-3(2)10(11(4,5)6)12(7,8)9;1-2-3-10(11(4,5)6)12(7,8)9/h3H,1-2H3;2-3H2,1H3. The maximum Gasteiger partial charge on any atom is 0.340 e. The first-order chi connectivity index (χ1) is 10.3. The summed E-state index contributed by atoms with van der Waals surface area (Å²) in [6.45, 7) is 7.49. The number of rotatable bonds is 7. The molecule has 0 unspecified atom stereocenters. The van der Waals surface area contributed by atoms with E-state index in [2.05, 4.69) is 213 Å². The predicted molar refractivity (Wildman–Crippen MR) is 164 cm³/mol. The molecular formula is C6H14Br12N2Si4. The molecule has 0 radical (unpaired) electrons. The first-order valence-corrected chi connectivity index (χ1v) is 41.0. The Kier molecular flexibility index (Phi) is 19.0. The van der Waals surface area contributed by atoms with Crippen molar-refractivity contribution in [2.45, 2.75) is 33.2 Å². The van der Waals surface area contributed by atoms with Gasteiger partial charge in [0, 0.05) is 0 Å². The summed E-state index contributed by atoms with van der Waals surface area (Å²) in [5, 5.41) is 0. The van der Waals surface area contributed by atoms with Crippen LogP contribution in [0.1, 0.15) is 27.2 Å². The lowest BCUT2D eigenvalue weighted by atomic mass is 10.4. The monoisotopic (exact) mass is 1170 g/mol. The number of nitrogens with zero attached hydrogens (tertiary/aromatic N) is 2. The zero-order valence-electron chi connectivity index (χ0n) is 12.4. The van der Waals surface area contributed by atoms with E-state index < -0.39 is 16.4 Å². The van der Waals surface area contributed by atoms with Gasteiger partial charge in [-0.15, -0.1) is 0 Å². The van der Waals surface area contributed by atoms with E-state index in [9.17, 15) is 0 Å². The second-order valence-corrected chi connectivity index (χ2v) is 90.8. The molecule has 0 aromatic carbocycles. The van der Waals surface area contributed by atoms with Crippen LogP contribution in [0.3, 0.4) is 0 Å². The lowest BCUT2D eigenvalue weighted by Gasteiger charge is -2.37. The molecule has 0 amide bonds. The van der Waals surface area contributed by atoms with Crippen molar-refractivity contribution in [1.29, 1.82) is 0 Å². The third kappa shape index (κ3) is 15.4. The second-order valence-electron chi connectivity index (χ2n) is 4.49. The molecule has 0 saturated heterocycles. The van der Waals surface area contributed by atoms with Crippen molar-refractivity contribution in [3.05, 3.63) is 0 Å². The normalized spacial score (nSPS) is 14.2. The van der Waals surface area contributed by atoms with Crippen molar-refractivity contribution < 1.29 is 0 Å². The van der Waals surface area contributed by atoms with Crippen LogP contribution in [0.2, 0.25) is 0 Å². The van der Waals surface area contributed by atoms with Gasteiger partial charge in [-0.2, -0.15) is 0 Å². The lowest BCUT2D eigenvalue weighted by Crippen LogP contribution is -2.53. The van der Waals surface area contributed by atoms with Crippen LogP contribution in [0.5, 0.6) is 0 Å². The van der Waals surface area contributed by atoms with Crippen molar-refractivity contribution in [1.82, 2.24) is 8.46 Å². The van der Waals surface area contributed by atoms with Crippen molar-refractivity contribution in [3.63, 3.8) is 0 Å². The Morgan fingerprint density at radius 1 is 0.625 bits per heavy atom. The average Bonchev–Trinajstić information content (AvgIpc) is 2.17. The van der Waals surface area contributed by atoms with Gasteiger partial charge in [-0.1, -0.05) is 204 Å². The van der Waals surface area contributed by atoms with E-state index in [-0.39, 0.29) is 0 Å². The van der Waals surface area contributed by atoms with Crippen LogP contribution >= 0.6 is 184 Å². The molecule has 0 heterocycles. The summed E-state index contributed by atoms with van der Waals surface area (Å²) in [4.78, 5) is 0. The van der Waals surface area contributed by atoms with Crippen molar-refractivity contribution >= 4 is 200 Å². The fourth-order valence-corrected chi connectivity index (χ4v) is 83.6. The Balaban J connectivity index is 0. The summed E-state index contributed by atoms with van der Waals surface area (Å²) in [6, 6.07) is 0.444. The minimum Gasteiger partial charge on any atom is -0.294 e. The quantitative estimate of drug-likeness (QED) is 0.185. The van der Waals surface area contributed by atoms with Crippen LogP contribution in [0.25, 0.3) is 0 Å². The highest BCUT2D eigenvalue weighted by Gasteiger charge is 2.47. The third-order valence-corrected chi connectivity index (χ3v) is 36.3. The fraction of sp³-hybridized carbons (Fsp3) is 1.00. The van der Waals surface area contributed by atoms with Gasteiger partial charge in [0.15, 0.2) is 0 Å². The maximum absolute atomic E-state index is 3.62. The molecule has 18 heteroatoms. The highest BCUT2D eigenvalue weighted by atomic mass is 80.0. The summed E-state index contributed by atoms with van der Waals surface area (Å²) in [7, 11) is 0. The highest BCUT2D eigenvalue weighted by Crippen LogP contribution is 2.44. The largest absolute Gasteiger partial charge is 0.340 e. The predicted octanol–water partition coefficient (Wildman–Crippen LogP) is 9.88. The van der Waals surface area contributed by atoms with Gasteiger partial charge in [0.25, 0.3) is 0 Å². The Morgan fingerprint density at radius 2 is 0.917 bits per heavy atom. The Labute approximate surface area is 243 Å². The maximum atomic E-state index is 3.62. The molecule has 0 aromatic rings. The van der Waals surface area contributed by atoms with Gasteiger partial charge in [0.1, 0.15) is 0 Å². The molecular weight excluding hydrogens is 1170 g/mol. The third-order valence-electron chi connectivity index (χ3n) is 2.12. The minimum atomic E-state index is -1.79. The van der Waals surface area contributed by atoms with Gasteiger partial charge in [-0.05, 0) is 19.0 Å². The molecule has 0 N–H and O–H groups in total. The molecule has 0 atom stereocenters. The lowest BCUT2D eigenvalue weighted by molar-refractivity contribution is 0.556. The van der Waals surface area contributed by atoms with Crippen molar-refractivity contribution in [3.8, 4) is 0 Å². The zero-order valence-corrected chi connectivity index (χ0v) is 35.5. The molecule has 0 aliphatic rings.